The minimum atomic E-state index is 0.0886. The van der Waals surface area contributed by atoms with Gasteiger partial charge in [-0.1, -0.05) is 0 Å². The number of hydrogen-bond acceptors (Lipinski definition) is 3. The molecule has 90 valence electrons. The molecule has 0 radical (unpaired) electrons. The molecular weight excluding hydrogens is 190 g/mol. The molecule has 3 heteroatoms. The van der Waals surface area contributed by atoms with E-state index in [0.29, 0.717) is 6.10 Å². The number of methoxy groups -OCH3 is 1. The summed E-state index contributed by atoms with van der Waals surface area (Å²) in [5.74, 6) is 0. The third kappa shape index (κ3) is 5.50. The highest BCUT2D eigenvalue weighted by Crippen LogP contribution is 2.16. The monoisotopic (exact) mass is 215 g/mol. The van der Waals surface area contributed by atoms with Crippen molar-refractivity contribution in [1.29, 1.82) is 0 Å². The largest absolute Gasteiger partial charge is 0.383 e. The van der Waals surface area contributed by atoms with E-state index in [4.69, 9.17) is 9.47 Å². The summed E-state index contributed by atoms with van der Waals surface area (Å²) >= 11 is 0. The van der Waals surface area contributed by atoms with Crippen LogP contribution in [0.3, 0.4) is 0 Å². The predicted octanol–water partition coefficient (Wildman–Crippen LogP) is 1.96. The third-order valence-corrected chi connectivity index (χ3v) is 2.84. The molecule has 0 spiro atoms. The molecule has 0 saturated carbocycles. The van der Waals surface area contributed by atoms with Gasteiger partial charge in [-0.15, -0.1) is 0 Å². The van der Waals surface area contributed by atoms with Crippen LogP contribution >= 0.6 is 0 Å². The Morgan fingerprint density at radius 1 is 1.47 bits per heavy atom. The quantitative estimate of drug-likeness (QED) is 0.659. The van der Waals surface area contributed by atoms with Crippen LogP contribution < -0.4 is 5.32 Å². The first-order chi connectivity index (χ1) is 7.14. The van der Waals surface area contributed by atoms with Gasteiger partial charge in [0.1, 0.15) is 0 Å². The van der Waals surface area contributed by atoms with E-state index in [0.717, 1.165) is 19.8 Å². The molecule has 1 fully saturated rings. The maximum Gasteiger partial charge on any atom is 0.0639 e. The fourth-order valence-corrected chi connectivity index (χ4v) is 2.04. The van der Waals surface area contributed by atoms with Gasteiger partial charge < -0.3 is 14.8 Å². The van der Waals surface area contributed by atoms with Crippen molar-refractivity contribution in [1.82, 2.24) is 5.32 Å². The standard InChI is InChI=1S/C12H25NO2/c1-12(2,10-14-3)13-8-4-6-11-7-5-9-15-11/h11,13H,4-10H2,1-3H3. The van der Waals surface area contributed by atoms with Gasteiger partial charge >= 0.3 is 0 Å². The second-order valence-corrected chi connectivity index (χ2v) is 5.02. The van der Waals surface area contributed by atoms with Crippen molar-refractivity contribution in [3.63, 3.8) is 0 Å². The van der Waals surface area contributed by atoms with E-state index in [2.05, 4.69) is 19.2 Å². The molecular formula is C12H25NO2. The predicted molar refractivity (Wildman–Crippen MR) is 62.2 cm³/mol. The summed E-state index contributed by atoms with van der Waals surface area (Å²) in [6.07, 6.45) is 5.40. The Morgan fingerprint density at radius 2 is 2.27 bits per heavy atom. The molecule has 1 aliphatic rings. The summed E-state index contributed by atoms with van der Waals surface area (Å²) in [7, 11) is 1.75. The minimum absolute atomic E-state index is 0.0886. The second-order valence-electron chi connectivity index (χ2n) is 5.02. The average Bonchev–Trinajstić information content (AvgIpc) is 2.65. The highest BCUT2D eigenvalue weighted by Gasteiger charge is 2.17. The van der Waals surface area contributed by atoms with E-state index in [1.165, 1.54) is 25.7 Å². The zero-order valence-corrected chi connectivity index (χ0v) is 10.3. The fourth-order valence-electron chi connectivity index (χ4n) is 2.04. The Morgan fingerprint density at radius 3 is 2.87 bits per heavy atom. The Labute approximate surface area is 93.5 Å². The van der Waals surface area contributed by atoms with Gasteiger partial charge in [-0.2, -0.15) is 0 Å². The number of ether oxygens (including phenoxy) is 2. The minimum Gasteiger partial charge on any atom is -0.383 e. The SMILES string of the molecule is COCC(C)(C)NCCCC1CCCO1. The maximum absolute atomic E-state index is 5.58. The second kappa shape index (κ2) is 6.46. The van der Waals surface area contributed by atoms with Crippen molar-refractivity contribution in [2.45, 2.75) is 51.2 Å². The van der Waals surface area contributed by atoms with E-state index in [1.54, 1.807) is 7.11 Å². The van der Waals surface area contributed by atoms with Crippen molar-refractivity contribution in [3.8, 4) is 0 Å². The normalized spacial score (nSPS) is 22.2. The van der Waals surface area contributed by atoms with Gasteiger partial charge in [0, 0.05) is 19.3 Å². The van der Waals surface area contributed by atoms with Gasteiger partial charge in [0.25, 0.3) is 0 Å². The van der Waals surface area contributed by atoms with Crippen LogP contribution in [-0.4, -0.2) is 38.5 Å². The average molecular weight is 215 g/mol. The fraction of sp³-hybridized carbons (Fsp3) is 1.00. The number of nitrogens with one attached hydrogen (secondary N) is 1. The van der Waals surface area contributed by atoms with Gasteiger partial charge in [0.15, 0.2) is 0 Å². The third-order valence-electron chi connectivity index (χ3n) is 2.84. The summed E-state index contributed by atoms with van der Waals surface area (Å²) in [6, 6.07) is 0. The summed E-state index contributed by atoms with van der Waals surface area (Å²) in [4.78, 5) is 0. The first-order valence-corrected chi connectivity index (χ1v) is 5.99. The van der Waals surface area contributed by atoms with E-state index in [1.807, 2.05) is 0 Å². The van der Waals surface area contributed by atoms with Gasteiger partial charge in [-0.25, -0.2) is 0 Å². The van der Waals surface area contributed by atoms with Crippen molar-refractivity contribution >= 4 is 0 Å². The lowest BCUT2D eigenvalue weighted by Crippen LogP contribution is -2.43. The van der Waals surface area contributed by atoms with Crippen LogP contribution in [0.5, 0.6) is 0 Å². The van der Waals surface area contributed by atoms with Crippen LogP contribution in [-0.2, 0) is 9.47 Å². The van der Waals surface area contributed by atoms with E-state index in [9.17, 15) is 0 Å². The first-order valence-electron chi connectivity index (χ1n) is 5.99. The van der Waals surface area contributed by atoms with E-state index in [-0.39, 0.29) is 5.54 Å². The van der Waals surface area contributed by atoms with Crippen LogP contribution in [0.1, 0.15) is 39.5 Å². The summed E-state index contributed by atoms with van der Waals surface area (Å²) in [5.41, 5.74) is 0.0886. The molecule has 1 atom stereocenters. The number of hydrogen-bond donors (Lipinski definition) is 1. The van der Waals surface area contributed by atoms with Crippen LogP contribution in [0.4, 0.5) is 0 Å². The molecule has 1 heterocycles. The van der Waals surface area contributed by atoms with Crippen molar-refractivity contribution in [2.24, 2.45) is 0 Å². The number of rotatable bonds is 7. The molecule has 0 aromatic carbocycles. The first kappa shape index (κ1) is 12.9. The topological polar surface area (TPSA) is 30.5 Å². The molecule has 0 bridgehead atoms. The Bertz CT molecular complexity index is 165. The molecule has 3 nitrogen and oxygen atoms in total. The van der Waals surface area contributed by atoms with Crippen molar-refractivity contribution < 1.29 is 9.47 Å². The highest BCUT2D eigenvalue weighted by molar-refractivity contribution is 4.76. The molecule has 1 saturated heterocycles. The summed E-state index contributed by atoms with van der Waals surface area (Å²) in [5, 5.41) is 3.50. The van der Waals surface area contributed by atoms with Crippen LogP contribution in [0, 0.1) is 0 Å². The van der Waals surface area contributed by atoms with Gasteiger partial charge in [0.05, 0.1) is 12.7 Å². The van der Waals surface area contributed by atoms with Gasteiger partial charge in [0.2, 0.25) is 0 Å². The van der Waals surface area contributed by atoms with E-state index >= 15 is 0 Å². The van der Waals surface area contributed by atoms with Crippen molar-refractivity contribution in [2.75, 3.05) is 26.9 Å². The molecule has 15 heavy (non-hydrogen) atoms. The van der Waals surface area contributed by atoms with Gasteiger partial charge in [-0.05, 0) is 46.1 Å². The highest BCUT2D eigenvalue weighted by atomic mass is 16.5. The smallest absolute Gasteiger partial charge is 0.0639 e. The Hall–Kier alpha value is -0.120. The van der Waals surface area contributed by atoms with E-state index < -0.39 is 0 Å². The molecule has 1 unspecified atom stereocenters. The molecule has 1 aliphatic heterocycles. The Kier molecular flexibility index (Phi) is 5.58. The molecule has 1 N–H and O–H groups in total. The maximum atomic E-state index is 5.58. The summed E-state index contributed by atoms with van der Waals surface area (Å²) in [6.45, 7) is 7.11. The zero-order chi connectivity index (χ0) is 11.1. The zero-order valence-electron chi connectivity index (χ0n) is 10.3. The lowest BCUT2D eigenvalue weighted by Gasteiger charge is -2.25. The van der Waals surface area contributed by atoms with Gasteiger partial charge in [-0.3, -0.25) is 0 Å². The van der Waals surface area contributed by atoms with Crippen molar-refractivity contribution in [3.05, 3.63) is 0 Å². The molecule has 1 rings (SSSR count). The molecule has 0 aromatic rings. The molecule has 0 aliphatic carbocycles. The lowest BCUT2D eigenvalue weighted by atomic mass is 10.1. The van der Waals surface area contributed by atoms with Crippen LogP contribution in [0.2, 0.25) is 0 Å². The molecule has 0 amide bonds. The van der Waals surface area contributed by atoms with Crippen LogP contribution in [0.15, 0.2) is 0 Å². The summed E-state index contributed by atoms with van der Waals surface area (Å²) < 4.78 is 10.7. The Balaban J connectivity index is 2.00. The lowest BCUT2D eigenvalue weighted by molar-refractivity contribution is 0.0991. The molecule has 0 aromatic heterocycles. The van der Waals surface area contributed by atoms with Crippen LogP contribution in [0.25, 0.3) is 0 Å².